The third-order valence-corrected chi connectivity index (χ3v) is 3.71. The topological polar surface area (TPSA) is 35.5 Å². The van der Waals surface area contributed by atoms with E-state index in [1.807, 2.05) is 32.3 Å². The van der Waals surface area contributed by atoms with Crippen molar-refractivity contribution in [1.82, 2.24) is 10.2 Å². The summed E-state index contributed by atoms with van der Waals surface area (Å²) in [5.74, 6) is 0. The second-order valence-electron chi connectivity index (χ2n) is 4.17. The van der Waals surface area contributed by atoms with Crippen molar-refractivity contribution < 1.29 is 5.11 Å². The van der Waals surface area contributed by atoms with E-state index in [9.17, 15) is 5.11 Å². The molecule has 17 heavy (non-hydrogen) atoms. The molecule has 0 aliphatic rings. The lowest BCUT2D eigenvalue weighted by Crippen LogP contribution is -2.31. The van der Waals surface area contributed by atoms with Gasteiger partial charge in [0.2, 0.25) is 0 Å². The molecule has 1 rings (SSSR count). The third kappa shape index (κ3) is 4.94. The Balaban J connectivity index is 2.62. The summed E-state index contributed by atoms with van der Waals surface area (Å²) >= 11 is 9.39. The highest BCUT2D eigenvalue weighted by Gasteiger charge is 2.10. The Morgan fingerprint density at radius 1 is 1.47 bits per heavy atom. The number of aliphatic hydroxyl groups excluding tert-OH is 1. The van der Waals surface area contributed by atoms with E-state index in [0.717, 1.165) is 23.1 Å². The summed E-state index contributed by atoms with van der Waals surface area (Å²) < 4.78 is 0.868. The Bertz CT molecular complexity index is 360. The van der Waals surface area contributed by atoms with Crippen molar-refractivity contribution in [2.45, 2.75) is 6.04 Å². The Labute approximate surface area is 116 Å². The van der Waals surface area contributed by atoms with Crippen LogP contribution >= 0.6 is 27.5 Å². The largest absolute Gasteiger partial charge is 0.394 e. The fourth-order valence-electron chi connectivity index (χ4n) is 1.48. The van der Waals surface area contributed by atoms with Crippen molar-refractivity contribution in [1.29, 1.82) is 0 Å². The molecule has 1 atom stereocenters. The number of rotatable bonds is 6. The SMILES string of the molecule is CN(C)CCNC(CO)c1ccc(Br)c(Cl)c1. The van der Waals surface area contributed by atoms with Crippen LogP contribution in [0.15, 0.2) is 22.7 Å². The molecule has 0 spiro atoms. The van der Waals surface area contributed by atoms with Gasteiger partial charge < -0.3 is 15.3 Å². The molecule has 0 fully saturated rings. The number of aliphatic hydroxyl groups is 1. The number of likely N-dealkylation sites (N-methyl/N-ethyl adjacent to an activating group) is 1. The zero-order valence-corrected chi connectivity index (χ0v) is 12.4. The molecule has 3 nitrogen and oxygen atoms in total. The number of nitrogens with zero attached hydrogens (tertiary/aromatic N) is 1. The van der Waals surface area contributed by atoms with Gasteiger partial charge in [-0.2, -0.15) is 0 Å². The molecule has 0 bridgehead atoms. The molecule has 1 aromatic rings. The first-order valence-corrected chi connectivity index (χ1v) is 6.65. The number of halogens is 2. The molecule has 2 N–H and O–H groups in total. The first-order chi connectivity index (χ1) is 8.04. The highest BCUT2D eigenvalue weighted by atomic mass is 79.9. The monoisotopic (exact) mass is 320 g/mol. The van der Waals surface area contributed by atoms with Gasteiger partial charge in [-0.05, 0) is 47.7 Å². The van der Waals surface area contributed by atoms with Crippen LogP contribution in [0.3, 0.4) is 0 Å². The van der Waals surface area contributed by atoms with Crippen molar-refractivity contribution >= 4 is 27.5 Å². The van der Waals surface area contributed by atoms with Crippen LogP contribution in [0.1, 0.15) is 11.6 Å². The quantitative estimate of drug-likeness (QED) is 0.844. The van der Waals surface area contributed by atoms with Gasteiger partial charge >= 0.3 is 0 Å². The van der Waals surface area contributed by atoms with Crippen LogP contribution in [0.25, 0.3) is 0 Å². The Morgan fingerprint density at radius 2 is 2.18 bits per heavy atom. The maximum Gasteiger partial charge on any atom is 0.0626 e. The summed E-state index contributed by atoms with van der Waals surface area (Å²) in [6.45, 7) is 1.82. The maximum atomic E-state index is 9.37. The van der Waals surface area contributed by atoms with Gasteiger partial charge in [0.05, 0.1) is 17.7 Å². The molecule has 0 aliphatic heterocycles. The van der Waals surface area contributed by atoms with E-state index in [2.05, 4.69) is 26.1 Å². The second kappa shape index (κ2) is 7.34. The summed E-state index contributed by atoms with van der Waals surface area (Å²) in [4.78, 5) is 2.09. The van der Waals surface area contributed by atoms with Gasteiger partial charge in [0.25, 0.3) is 0 Å². The van der Waals surface area contributed by atoms with Crippen LogP contribution in [0, 0.1) is 0 Å². The zero-order chi connectivity index (χ0) is 12.8. The third-order valence-electron chi connectivity index (χ3n) is 2.48. The van der Waals surface area contributed by atoms with Crippen LogP contribution in [-0.2, 0) is 0 Å². The van der Waals surface area contributed by atoms with Gasteiger partial charge in [-0.3, -0.25) is 0 Å². The van der Waals surface area contributed by atoms with E-state index in [4.69, 9.17) is 11.6 Å². The second-order valence-corrected chi connectivity index (χ2v) is 5.43. The number of nitrogens with one attached hydrogen (secondary N) is 1. The molecule has 0 aliphatic carbocycles. The van der Waals surface area contributed by atoms with Crippen LogP contribution < -0.4 is 5.32 Å². The average Bonchev–Trinajstić information content (AvgIpc) is 2.28. The molecule has 1 aromatic carbocycles. The van der Waals surface area contributed by atoms with Crippen molar-refractivity contribution in [3.05, 3.63) is 33.3 Å². The van der Waals surface area contributed by atoms with Crippen molar-refractivity contribution in [2.75, 3.05) is 33.8 Å². The van der Waals surface area contributed by atoms with E-state index < -0.39 is 0 Å². The smallest absolute Gasteiger partial charge is 0.0626 e. The molecule has 0 heterocycles. The van der Waals surface area contributed by atoms with Crippen molar-refractivity contribution in [3.63, 3.8) is 0 Å². The summed E-state index contributed by atoms with van der Waals surface area (Å²) in [5.41, 5.74) is 0.999. The molecule has 0 saturated heterocycles. The fourth-order valence-corrected chi connectivity index (χ4v) is 1.91. The standard InChI is InChI=1S/C12H18BrClN2O/c1-16(2)6-5-15-12(8-17)9-3-4-10(13)11(14)7-9/h3-4,7,12,15,17H,5-6,8H2,1-2H3. The van der Waals surface area contributed by atoms with Crippen LogP contribution in [0.5, 0.6) is 0 Å². The summed E-state index contributed by atoms with van der Waals surface area (Å²) in [5, 5.41) is 13.3. The Morgan fingerprint density at radius 3 is 2.71 bits per heavy atom. The van der Waals surface area contributed by atoms with E-state index in [0.29, 0.717) is 5.02 Å². The first kappa shape index (κ1) is 14.9. The van der Waals surface area contributed by atoms with Gasteiger partial charge in [-0.25, -0.2) is 0 Å². The molecule has 1 unspecified atom stereocenters. The predicted octanol–water partition coefficient (Wildman–Crippen LogP) is 2.29. The Hall–Kier alpha value is -0.130. The fraction of sp³-hybridized carbons (Fsp3) is 0.500. The molecular formula is C12H18BrClN2O. The van der Waals surface area contributed by atoms with Gasteiger partial charge in [-0.15, -0.1) is 0 Å². The molecular weight excluding hydrogens is 304 g/mol. The normalized spacial score (nSPS) is 13.1. The van der Waals surface area contributed by atoms with Gasteiger partial charge in [0, 0.05) is 17.6 Å². The minimum atomic E-state index is -0.0689. The predicted molar refractivity (Wildman–Crippen MR) is 75.5 cm³/mol. The Kier molecular flexibility index (Phi) is 6.44. The summed E-state index contributed by atoms with van der Waals surface area (Å²) in [6.07, 6.45) is 0. The molecule has 5 heteroatoms. The van der Waals surface area contributed by atoms with Crippen molar-refractivity contribution in [3.8, 4) is 0 Å². The van der Waals surface area contributed by atoms with Crippen LogP contribution in [0.4, 0.5) is 0 Å². The van der Waals surface area contributed by atoms with E-state index in [1.165, 1.54) is 0 Å². The maximum absolute atomic E-state index is 9.37. The van der Waals surface area contributed by atoms with Crippen LogP contribution in [-0.4, -0.2) is 43.8 Å². The van der Waals surface area contributed by atoms with E-state index in [-0.39, 0.29) is 12.6 Å². The van der Waals surface area contributed by atoms with E-state index in [1.54, 1.807) is 0 Å². The summed E-state index contributed by atoms with van der Waals surface area (Å²) in [7, 11) is 4.04. The first-order valence-electron chi connectivity index (χ1n) is 5.48. The molecule has 0 aromatic heterocycles. The average molecular weight is 322 g/mol. The number of hydrogen-bond acceptors (Lipinski definition) is 3. The van der Waals surface area contributed by atoms with Crippen molar-refractivity contribution in [2.24, 2.45) is 0 Å². The van der Waals surface area contributed by atoms with Gasteiger partial charge in [-0.1, -0.05) is 17.7 Å². The molecule has 0 radical (unpaired) electrons. The number of benzene rings is 1. The highest BCUT2D eigenvalue weighted by molar-refractivity contribution is 9.10. The lowest BCUT2D eigenvalue weighted by molar-refractivity contribution is 0.240. The van der Waals surface area contributed by atoms with E-state index >= 15 is 0 Å². The lowest BCUT2D eigenvalue weighted by atomic mass is 10.1. The minimum absolute atomic E-state index is 0.0609. The van der Waals surface area contributed by atoms with Gasteiger partial charge in [0.15, 0.2) is 0 Å². The van der Waals surface area contributed by atoms with Gasteiger partial charge in [0.1, 0.15) is 0 Å². The summed E-state index contributed by atoms with van der Waals surface area (Å²) in [6, 6.07) is 5.66. The molecule has 0 saturated carbocycles. The molecule has 0 amide bonds. The van der Waals surface area contributed by atoms with Crippen LogP contribution in [0.2, 0.25) is 5.02 Å². The zero-order valence-electron chi connectivity index (χ0n) is 10.1. The lowest BCUT2D eigenvalue weighted by Gasteiger charge is -2.19. The molecule has 96 valence electrons. The minimum Gasteiger partial charge on any atom is -0.394 e. The highest BCUT2D eigenvalue weighted by Crippen LogP contribution is 2.25. The number of hydrogen-bond donors (Lipinski definition) is 2.